The Bertz CT molecular complexity index is 436. The topological polar surface area (TPSA) is 90.1 Å². The summed E-state index contributed by atoms with van der Waals surface area (Å²) in [4.78, 5) is 21.5. The molecule has 1 saturated carbocycles. The molecule has 7 nitrogen and oxygen atoms in total. The molecule has 1 aromatic heterocycles. The average Bonchev–Trinajstić information content (AvgIpc) is 2.89. The van der Waals surface area contributed by atoms with E-state index in [1.165, 1.54) is 10.9 Å². The Hall–Kier alpha value is -1.92. The van der Waals surface area contributed by atoms with Crippen molar-refractivity contribution in [3.8, 4) is 0 Å². The largest absolute Gasteiger partial charge is 0.352 e. The quantitative estimate of drug-likeness (QED) is 0.591. The molecule has 0 bridgehead atoms. The van der Waals surface area contributed by atoms with Crippen LogP contribution in [0.5, 0.6) is 0 Å². The van der Waals surface area contributed by atoms with Crippen LogP contribution in [0.4, 0.5) is 5.69 Å². The molecule has 2 rings (SSSR count). The van der Waals surface area contributed by atoms with Crippen molar-refractivity contribution in [2.75, 3.05) is 0 Å². The second kappa shape index (κ2) is 3.92. The lowest BCUT2D eigenvalue weighted by Gasteiger charge is -2.01. The van der Waals surface area contributed by atoms with E-state index in [-0.39, 0.29) is 18.1 Å². The Morgan fingerprint density at radius 1 is 1.75 bits per heavy atom. The number of hydrogen-bond donors (Lipinski definition) is 1. The number of aryl methyl sites for hydroxylation is 1. The summed E-state index contributed by atoms with van der Waals surface area (Å²) in [5.41, 5.74) is 0.267. The molecule has 1 aromatic rings. The van der Waals surface area contributed by atoms with Gasteiger partial charge in [0.15, 0.2) is 0 Å². The molecule has 1 N–H and O–H groups in total. The fourth-order valence-corrected chi connectivity index (χ4v) is 1.42. The van der Waals surface area contributed by atoms with Crippen LogP contribution in [0.2, 0.25) is 0 Å². The van der Waals surface area contributed by atoms with Crippen LogP contribution in [0.3, 0.4) is 0 Å². The molecule has 0 radical (unpaired) electrons. The first-order valence-corrected chi connectivity index (χ1v) is 5.04. The van der Waals surface area contributed by atoms with Gasteiger partial charge >= 0.3 is 5.69 Å². The van der Waals surface area contributed by atoms with Gasteiger partial charge in [0.25, 0.3) is 0 Å². The van der Waals surface area contributed by atoms with Crippen LogP contribution in [0, 0.1) is 17.0 Å². The van der Waals surface area contributed by atoms with E-state index in [0.717, 1.165) is 12.8 Å². The lowest BCUT2D eigenvalue weighted by Crippen LogP contribution is -2.29. The molecule has 1 fully saturated rings. The Morgan fingerprint density at radius 2 is 2.44 bits per heavy atom. The minimum atomic E-state index is -0.502. The number of nitrogens with one attached hydrogen (secondary N) is 1. The fraction of sp³-hybridized carbons (Fsp3) is 0.556. The fourth-order valence-electron chi connectivity index (χ4n) is 1.42. The van der Waals surface area contributed by atoms with Gasteiger partial charge < -0.3 is 5.32 Å². The molecular formula is C9H12N4O3. The van der Waals surface area contributed by atoms with Crippen LogP contribution >= 0.6 is 0 Å². The summed E-state index contributed by atoms with van der Waals surface area (Å²) < 4.78 is 1.30. The third-order valence-electron chi connectivity index (χ3n) is 2.37. The van der Waals surface area contributed by atoms with Gasteiger partial charge in [0.2, 0.25) is 5.91 Å². The molecule has 0 saturated heterocycles. The standard InChI is InChI=1S/C9H12N4O3/c1-6-8(13(15)16)4-12(11-6)5-9(14)10-7-2-3-7/h4,7H,2-3,5H2,1H3,(H,10,14). The third kappa shape index (κ3) is 2.36. The van der Waals surface area contributed by atoms with Crippen molar-refractivity contribution in [3.05, 3.63) is 22.0 Å². The second-order valence-corrected chi connectivity index (χ2v) is 3.90. The minimum Gasteiger partial charge on any atom is -0.352 e. The minimum absolute atomic E-state index is 0.0329. The van der Waals surface area contributed by atoms with Gasteiger partial charge in [-0.2, -0.15) is 5.10 Å². The molecule has 1 aliphatic rings. The maximum absolute atomic E-state index is 11.4. The summed E-state index contributed by atoms with van der Waals surface area (Å²) >= 11 is 0. The SMILES string of the molecule is Cc1nn(CC(=O)NC2CC2)cc1[N+](=O)[O-]. The van der Waals surface area contributed by atoms with E-state index in [2.05, 4.69) is 10.4 Å². The van der Waals surface area contributed by atoms with Crippen molar-refractivity contribution < 1.29 is 9.72 Å². The molecule has 0 spiro atoms. The van der Waals surface area contributed by atoms with Crippen molar-refractivity contribution in [3.63, 3.8) is 0 Å². The molecule has 7 heteroatoms. The number of nitrogens with zero attached hydrogens (tertiary/aromatic N) is 3. The lowest BCUT2D eigenvalue weighted by atomic mass is 10.4. The number of aromatic nitrogens is 2. The Labute approximate surface area is 91.6 Å². The van der Waals surface area contributed by atoms with E-state index in [4.69, 9.17) is 0 Å². The van der Waals surface area contributed by atoms with Crippen molar-refractivity contribution in [1.29, 1.82) is 0 Å². The van der Waals surface area contributed by atoms with Gasteiger partial charge in [0.1, 0.15) is 18.4 Å². The predicted molar refractivity (Wildman–Crippen MR) is 54.8 cm³/mol. The molecule has 16 heavy (non-hydrogen) atoms. The first-order valence-electron chi connectivity index (χ1n) is 5.04. The number of rotatable bonds is 4. The highest BCUT2D eigenvalue weighted by Crippen LogP contribution is 2.19. The molecule has 0 aromatic carbocycles. The molecule has 1 heterocycles. The van der Waals surface area contributed by atoms with Crippen LogP contribution in [0.25, 0.3) is 0 Å². The van der Waals surface area contributed by atoms with Gasteiger partial charge in [-0.3, -0.25) is 19.6 Å². The van der Waals surface area contributed by atoms with Crippen LogP contribution in [0.1, 0.15) is 18.5 Å². The second-order valence-electron chi connectivity index (χ2n) is 3.90. The van der Waals surface area contributed by atoms with E-state index in [0.29, 0.717) is 11.7 Å². The molecule has 1 amide bonds. The maximum atomic E-state index is 11.4. The van der Waals surface area contributed by atoms with Crippen molar-refractivity contribution in [2.24, 2.45) is 0 Å². The van der Waals surface area contributed by atoms with Gasteiger partial charge in [0, 0.05) is 6.04 Å². The molecule has 0 atom stereocenters. The zero-order chi connectivity index (χ0) is 11.7. The van der Waals surface area contributed by atoms with Crippen LogP contribution in [-0.2, 0) is 11.3 Å². The summed E-state index contributed by atoms with van der Waals surface area (Å²) in [6.45, 7) is 1.58. The van der Waals surface area contributed by atoms with Crippen molar-refractivity contribution in [2.45, 2.75) is 32.4 Å². The third-order valence-corrected chi connectivity index (χ3v) is 2.37. The molecular weight excluding hydrogens is 212 g/mol. The van der Waals surface area contributed by atoms with E-state index in [1.807, 2.05) is 0 Å². The zero-order valence-electron chi connectivity index (χ0n) is 8.84. The van der Waals surface area contributed by atoms with Crippen molar-refractivity contribution >= 4 is 11.6 Å². The first-order chi connectivity index (χ1) is 7.56. The summed E-state index contributed by atoms with van der Waals surface area (Å²) in [5.74, 6) is -0.153. The number of hydrogen-bond acceptors (Lipinski definition) is 4. The summed E-state index contributed by atoms with van der Waals surface area (Å²) in [7, 11) is 0. The summed E-state index contributed by atoms with van der Waals surface area (Å²) in [6, 6.07) is 0.291. The summed E-state index contributed by atoms with van der Waals surface area (Å²) in [6.07, 6.45) is 3.32. The summed E-state index contributed by atoms with van der Waals surface area (Å²) in [5, 5.41) is 17.3. The van der Waals surface area contributed by atoms with Gasteiger partial charge in [-0.15, -0.1) is 0 Å². The van der Waals surface area contributed by atoms with Gasteiger partial charge in [0.05, 0.1) is 4.92 Å². The smallest absolute Gasteiger partial charge is 0.309 e. The van der Waals surface area contributed by atoms with E-state index >= 15 is 0 Å². The monoisotopic (exact) mass is 224 g/mol. The van der Waals surface area contributed by atoms with Gasteiger partial charge in [-0.05, 0) is 19.8 Å². The lowest BCUT2D eigenvalue weighted by molar-refractivity contribution is -0.385. The van der Waals surface area contributed by atoms with E-state index in [1.54, 1.807) is 6.92 Å². The van der Waals surface area contributed by atoms with Crippen molar-refractivity contribution in [1.82, 2.24) is 15.1 Å². The highest BCUT2D eigenvalue weighted by Gasteiger charge is 2.24. The Morgan fingerprint density at radius 3 is 2.94 bits per heavy atom. The highest BCUT2D eigenvalue weighted by molar-refractivity contribution is 5.76. The maximum Gasteiger partial charge on any atom is 0.309 e. The Kier molecular flexibility index (Phi) is 2.59. The number of amides is 1. The van der Waals surface area contributed by atoms with Crippen LogP contribution in [-0.4, -0.2) is 26.7 Å². The molecule has 0 aliphatic heterocycles. The average molecular weight is 224 g/mol. The molecule has 86 valence electrons. The number of carbonyl (C=O) groups is 1. The first kappa shape index (κ1) is 10.6. The predicted octanol–water partition coefficient (Wildman–Crippen LogP) is 0.378. The zero-order valence-corrected chi connectivity index (χ0v) is 8.84. The number of nitro groups is 1. The van der Waals surface area contributed by atoms with Crippen LogP contribution < -0.4 is 5.32 Å². The number of carbonyl (C=O) groups excluding carboxylic acids is 1. The molecule has 0 unspecified atom stereocenters. The van der Waals surface area contributed by atoms with Gasteiger partial charge in [-0.1, -0.05) is 0 Å². The molecule has 1 aliphatic carbocycles. The van der Waals surface area contributed by atoms with E-state index < -0.39 is 4.92 Å². The Balaban J connectivity index is 2.00. The van der Waals surface area contributed by atoms with Crippen LogP contribution in [0.15, 0.2) is 6.20 Å². The van der Waals surface area contributed by atoms with E-state index in [9.17, 15) is 14.9 Å². The normalized spacial score (nSPS) is 14.8. The van der Waals surface area contributed by atoms with Gasteiger partial charge in [-0.25, -0.2) is 0 Å². The highest BCUT2D eigenvalue weighted by atomic mass is 16.6.